The molecule has 0 heterocycles. The Morgan fingerprint density at radius 3 is 2.09 bits per heavy atom. The number of carbonyl (C=O) groups is 2. The lowest BCUT2D eigenvalue weighted by molar-refractivity contribution is -0.384. The van der Waals surface area contributed by atoms with Crippen LogP contribution >= 0.6 is 23.2 Å². The highest BCUT2D eigenvalue weighted by molar-refractivity contribution is 7.92. The molecular formula is C31H28Cl2N4O6S. The maximum Gasteiger partial charge on any atom is 0.269 e. The number of sulfonamides is 1. The summed E-state index contributed by atoms with van der Waals surface area (Å²) in [5.41, 5.74) is 1.03. The smallest absolute Gasteiger partial charge is 0.269 e. The molecule has 13 heteroatoms. The number of likely N-dealkylation sites (N-methyl/N-ethyl adjacent to an activating group) is 1. The van der Waals surface area contributed by atoms with Gasteiger partial charge in [-0.05, 0) is 47.5 Å². The molecule has 0 aromatic heterocycles. The Balaban J connectivity index is 1.81. The summed E-state index contributed by atoms with van der Waals surface area (Å²) in [6.45, 7) is -0.859. The van der Waals surface area contributed by atoms with Crippen LogP contribution in [0.4, 0.5) is 11.4 Å². The monoisotopic (exact) mass is 654 g/mol. The van der Waals surface area contributed by atoms with Crippen molar-refractivity contribution >= 4 is 56.4 Å². The summed E-state index contributed by atoms with van der Waals surface area (Å²) >= 11 is 12.6. The molecule has 4 aromatic rings. The molecular weight excluding hydrogens is 627 g/mol. The van der Waals surface area contributed by atoms with Crippen LogP contribution in [-0.4, -0.2) is 49.7 Å². The van der Waals surface area contributed by atoms with Gasteiger partial charge in [0.25, 0.3) is 15.7 Å². The molecule has 4 rings (SSSR count). The first-order chi connectivity index (χ1) is 21.0. The molecule has 0 aliphatic rings. The first-order valence-electron chi connectivity index (χ1n) is 13.3. The van der Waals surface area contributed by atoms with Gasteiger partial charge >= 0.3 is 0 Å². The Labute approximate surface area is 265 Å². The Hall–Kier alpha value is -4.45. The van der Waals surface area contributed by atoms with Crippen molar-refractivity contribution in [2.75, 3.05) is 17.9 Å². The van der Waals surface area contributed by atoms with Crippen LogP contribution in [0, 0.1) is 10.1 Å². The highest BCUT2D eigenvalue weighted by Crippen LogP contribution is 2.28. The van der Waals surface area contributed by atoms with E-state index in [0.29, 0.717) is 10.6 Å². The van der Waals surface area contributed by atoms with Crippen molar-refractivity contribution in [1.29, 1.82) is 0 Å². The van der Waals surface area contributed by atoms with Crippen molar-refractivity contribution in [3.05, 3.63) is 134 Å². The number of carbonyl (C=O) groups excluding carboxylic acids is 2. The number of anilines is 1. The fourth-order valence-electron chi connectivity index (χ4n) is 4.54. The second kappa shape index (κ2) is 14.3. The van der Waals surface area contributed by atoms with Gasteiger partial charge in [-0.15, -0.1) is 0 Å². The highest BCUT2D eigenvalue weighted by Gasteiger charge is 2.34. The van der Waals surface area contributed by atoms with Crippen molar-refractivity contribution in [1.82, 2.24) is 10.2 Å². The average Bonchev–Trinajstić information content (AvgIpc) is 3.02. The lowest BCUT2D eigenvalue weighted by Gasteiger charge is -2.33. The van der Waals surface area contributed by atoms with E-state index in [1.807, 2.05) is 18.2 Å². The van der Waals surface area contributed by atoms with Crippen molar-refractivity contribution in [2.24, 2.45) is 0 Å². The summed E-state index contributed by atoms with van der Waals surface area (Å²) < 4.78 is 28.7. The van der Waals surface area contributed by atoms with Crippen LogP contribution in [-0.2, 0) is 32.6 Å². The Kier molecular flexibility index (Phi) is 10.6. The normalized spacial score (nSPS) is 11.8. The zero-order valence-corrected chi connectivity index (χ0v) is 25.8. The number of hydrogen-bond acceptors (Lipinski definition) is 6. The molecule has 228 valence electrons. The molecule has 0 saturated heterocycles. The average molecular weight is 656 g/mol. The lowest BCUT2D eigenvalue weighted by Crippen LogP contribution is -2.53. The Morgan fingerprint density at radius 1 is 0.909 bits per heavy atom. The predicted octanol–water partition coefficient (Wildman–Crippen LogP) is 5.48. The Morgan fingerprint density at radius 2 is 1.52 bits per heavy atom. The third-order valence-corrected chi connectivity index (χ3v) is 9.21. The van der Waals surface area contributed by atoms with Crippen LogP contribution in [0.25, 0.3) is 0 Å². The van der Waals surface area contributed by atoms with Crippen LogP contribution in [0.15, 0.2) is 108 Å². The number of nitrogens with one attached hydrogen (secondary N) is 1. The standard InChI is InChI=1S/C31H28Cl2N4O6S/c1-34-31(39)29(18-22-8-4-2-5-9-22)35(20-23-12-13-24(32)19-28(23)33)30(38)21-36(25-14-16-26(17-15-25)37(40)41)44(42,43)27-10-6-3-7-11-27/h2-17,19,29H,18,20-21H2,1H3,(H,34,39). The number of amides is 2. The summed E-state index contributed by atoms with van der Waals surface area (Å²) in [5.74, 6) is -1.18. The van der Waals surface area contributed by atoms with E-state index in [0.717, 1.165) is 22.0 Å². The number of halogens is 2. The number of rotatable bonds is 12. The molecule has 0 radical (unpaired) electrons. The van der Waals surface area contributed by atoms with Gasteiger partial charge in [-0.1, -0.05) is 77.8 Å². The summed E-state index contributed by atoms with van der Waals surface area (Å²) in [7, 11) is -2.90. The molecule has 0 aliphatic carbocycles. The van der Waals surface area contributed by atoms with Crippen LogP contribution < -0.4 is 9.62 Å². The van der Waals surface area contributed by atoms with Crippen molar-refractivity contribution in [2.45, 2.75) is 23.9 Å². The van der Waals surface area contributed by atoms with Crippen molar-refractivity contribution < 1.29 is 22.9 Å². The van der Waals surface area contributed by atoms with Crippen LogP contribution in [0.1, 0.15) is 11.1 Å². The molecule has 0 fully saturated rings. The van der Waals surface area contributed by atoms with Gasteiger partial charge in [-0.2, -0.15) is 0 Å². The molecule has 1 atom stereocenters. The number of nitro groups is 1. The van der Waals surface area contributed by atoms with Gasteiger partial charge in [-0.25, -0.2) is 8.42 Å². The predicted molar refractivity (Wildman–Crippen MR) is 169 cm³/mol. The highest BCUT2D eigenvalue weighted by atomic mass is 35.5. The van der Waals surface area contributed by atoms with Crippen LogP contribution in [0.2, 0.25) is 10.0 Å². The number of nitro benzene ring substituents is 1. The summed E-state index contributed by atoms with van der Waals surface area (Å²) in [6.07, 6.45) is 0.125. The maximum absolute atomic E-state index is 14.3. The topological polar surface area (TPSA) is 130 Å². The fourth-order valence-corrected chi connectivity index (χ4v) is 6.45. The van der Waals surface area contributed by atoms with Gasteiger partial charge < -0.3 is 10.2 Å². The van der Waals surface area contributed by atoms with Gasteiger partial charge in [0.05, 0.1) is 15.5 Å². The van der Waals surface area contributed by atoms with Crippen LogP contribution in [0.3, 0.4) is 0 Å². The van der Waals surface area contributed by atoms with E-state index in [2.05, 4.69) is 5.32 Å². The zero-order valence-electron chi connectivity index (χ0n) is 23.5. The van der Waals surface area contributed by atoms with Gasteiger partial charge in [-0.3, -0.25) is 24.0 Å². The minimum atomic E-state index is -4.34. The number of nitrogens with zero attached hydrogens (tertiary/aromatic N) is 3. The second-order valence-corrected chi connectivity index (χ2v) is 12.4. The van der Waals surface area contributed by atoms with E-state index >= 15 is 0 Å². The second-order valence-electron chi connectivity index (χ2n) is 9.68. The largest absolute Gasteiger partial charge is 0.357 e. The quantitative estimate of drug-likeness (QED) is 0.159. The molecule has 4 aromatic carbocycles. The number of benzene rings is 4. The van der Waals surface area contributed by atoms with E-state index in [9.17, 15) is 28.1 Å². The SMILES string of the molecule is CNC(=O)C(Cc1ccccc1)N(Cc1ccc(Cl)cc1Cl)C(=O)CN(c1ccc([N+](=O)[O-])cc1)S(=O)(=O)c1ccccc1. The van der Waals surface area contributed by atoms with Gasteiger partial charge in [0.1, 0.15) is 12.6 Å². The van der Waals surface area contributed by atoms with Gasteiger partial charge in [0.15, 0.2) is 0 Å². The van der Waals surface area contributed by atoms with Gasteiger partial charge in [0.2, 0.25) is 11.8 Å². The first-order valence-corrected chi connectivity index (χ1v) is 15.5. The van der Waals surface area contributed by atoms with E-state index in [1.165, 1.54) is 42.3 Å². The minimum absolute atomic E-state index is 0.0248. The van der Waals surface area contributed by atoms with Gasteiger partial charge in [0, 0.05) is 42.2 Å². The van der Waals surface area contributed by atoms with E-state index in [1.54, 1.807) is 42.5 Å². The minimum Gasteiger partial charge on any atom is -0.357 e. The third kappa shape index (κ3) is 7.73. The Bertz CT molecular complexity index is 1740. The first kappa shape index (κ1) is 32.5. The molecule has 10 nitrogen and oxygen atoms in total. The van der Waals surface area contributed by atoms with Crippen LogP contribution in [0.5, 0.6) is 0 Å². The third-order valence-electron chi connectivity index (χ3n) is 6.83. The zero-order chi connectivity index (χ0) is 31.9. The number of non-ortho nitro benzene ring substituents is 1. The fraction of sp³-hybridized carbons (Fsp3) is 0.161. The molecule has 2 amide bonds. The number of hydrogen-bond donors (Lipinski definition) is 1. The summed E-state index contributed by atoms with van der Waals surface area (Å²) in [5, 5.41) is 14.5. The van der Waals surface area contributed by atoms with Crippen molar-refractivity contribution in [3.63, 3.8) is 0 Å². The molecule has 0 spiro atoms. The molecule has 0 bridgehead atoms. The summed E-state index contributed by atoms with van der Waals surface area (Å²) in [4.78, 5) is 39.4. The maximum atomic E-state index is 14.3. The lowest BCUT2D eigenvalue weighted by atomic mass is 10.0. The van der Waals surface area contributed by atoms with E-state index in [4.69, 9.17) is 23.2 Å². The van der Waals surface area contributed by atoms with E-state index < -0.39 is 39.3 Å². The van der Waals surface area contributed by atoms with E-state index in [-0.39, 0.29) is 34.3 Å². The molecule has 44 heavy (non-hydrogen) atoms. The molecule has 1 unspecified atom stereocenters. The molecule has 1 N–H and O–H groups in total. The summed E-state index contributed by atoms with van der Waals surface area (Å²) in [6, 6.07) is 25.1. The molecule has 0 aliphatic heterocycles. The molecule has 0 saturated carbocycles. The van der Waals surface area contributed by atoms with Crippen molar-refractivity contribution in [3.8, 4) is 0 Å².